The van der Waals surface area contributed by atoms with E-state index in [1.165, 1.54) is 21.4 Å². The molecule has 1 aromatic heterocycles. The van der Waals surface area contributed by atoms with E-state index in [2.05, 4.69) is 0 Å². The van der Waals surface area contributed by atoms with Gasteiger partial charge in [0.2, 0.25) is 0 Å². The van der Waals surface area contributed by atoms with Crippen LogP contribution in [0.2, 0.25) is 0 Å². The predicted octanol–water partition coefficient (Wildman–Crippen LogP) is 2.75. The Hall–Kier alpha value is -1.56. The fourth-order valence-corrected chi connectivity index (χ4v) is 2.52. The lowest BCUT2D eigenvalue weighted by atomic mass is 10.2. The van der Waals surface area contributed by atoms with Crippen LogP contribution in [-0.4, -0.2) is 40.7 Å². The van der Waals surface area contributed by atoms with Crippen molar-refractivity contribution in [3.8, 4) is 0 Å². The summed E-state index contributed by atoms with van der Waals surface area (Å²) >= 11 is 1.37. The van der Waals surface area contributed by atoms with Gasteiger partial charge in [-0.15, -0.1) is 11.3 Å². The minimum Gasteiger partial charge on any atom is -0.442 e. The number of hydrogen-bond donors (Lipinski definition) is 0. The molecule has 0 atom stereocenters. The molecule has 0 unspecified atom stereocenters. The van der Waals surface area contributed by atoms with Crippen molar-refractivity contribution in [2.24, 2.45) is 0 Å². The molecule has 5 nitrogen and oxygen atoms in total. The van der Waals surface area contributed by atoms with Crippen LogP contribution < -0.4 is 0 Å². The maximum absolute atomic E-state index is 12.3. The molecule has 2 amide bonds. The second-order valence-corrected chi connectivity index (χ2v) is 6.31. The lowest BCUT2D eigenvalue weighted by Gasteiger charge is -2.30. The summed E-state index contributed by atoms with van der Waals surface area (Å²) in [6.07, 6.45) is 0.311. The molecule has 0 aliphatic carbocycles. The first-order valence-corrected chi connectivity index (χ1v) is 7.12. The maximum Gasteiger partial charge on any atom is 0.429 e. The molecule has 19 heavy (non-hydrogen) atoms. The van der Waals surface area contributed by atoms with Crippen LogP contribution in [0.3, 0.4) is 0 Å². The van der Waals surface area contributed by atoms with Crippen LogP contribution in [0.5, 0.6) is 0 Å². The summed E-state index contributed by atoms with van der Waals surface area (Å²) < 4.78 is 5.32. The van der Waals surface area contributed by atoms with Gasteiger partial charge < -0.3 is 4.74 Å². The Morgan fingerprint density at radius 1 is 1.26 bits per heavy atom. The molecule has 1 aliphatic rings. The van der Waals surface area contributed by atoms with Crippen molar-refractivity contribution < 1.29 is 14.3 Å². The second-order valence-electron chi connectivity index (χ2n) is 5.36. The molecular weight excluding hydrogens is 264 g/mol. The van der Waals surface area contributed by atoms with E-state index in [1.807, 2.05) is 32.2 Å². The first kappa shape index (κ1) is 13.9. The Morgan fingerprint density at radius 2 is 1.95 bits per heavy atom. The highest BCUT2D eigenvalue weighted by atomic mass is 32.1. The quantitative estimate of drug-likeness (QED) is 0.796. The molecule has 0 bridgehead atoms. The van der Waals surface area contributed by atoms with Crippen molar-refractivity contribution in [2.45, 2.75) is 32.8 Å². The van der Waals surface area contributed by atoms with Crippen molar-refractivity contribution in [3.05, 3.63) is 22.4 Å². The van der Waals surface area contributed by atoms with Crippen molar-refractivity contribution in [1.82, 2.24) is 10.0 Å². The van der Waals surface area contributed by atoms with Gasteiger partial charge in [-0.1, -0.05) is 6.07 Å². The van der Waals surface area contributed by atoms with E-state index in [4.69, 9.17) is 4.74 Å². The van der Waals surface area contributed by atoms with Gasteiger partial charge in [0.15, 0.2) is 0 Å². The summed E-state index contributed by atoms with van der Waals surface area (Å²) in [6.45, 7) is 6.51. The van der Waals surface area contributed by atoms with Gasteiger partial charge in [0.25, 0.3) is 5.91 Å². The zero-order chi connectivity index (χ0) is 14.0. The van der Waals surface area contributed by atoms with E-state index in [1.54, 1.807) is 6.07 Å². The van der Waals surface area contributed by atoms with Crippen LogP contribution in [0.25, 0.3) is 0 Å². The van der Waals surface area contributed by atoms with Crippen LogP contribution in [0.1, 0.15) is 36.9 Å². The van der Waals surface area contributed by atoms with Crippen molar-refractivity contribution >= 4 is 23.3 Å². The molecule has 0 aromatic carbocycles. The number of amides is 2. The van der Waals surface area contributed by atoms with Gasteiger partial charge in [0, 0.05) is 13.1 Å². The largest absolute Gasteiger partial charge is 0.442 e. The van der Waals surface area contributed by atoms with E-state index < -0.39 is 11.7 Å². The average Bonchev–Trinajstić information content (AvgIpc) is 2.97. The monoisotopic (exact) mass is 282 g/mol. The molecule has 1 saturated heterocycles. The topological polar surface area (TPSA) is 49.9 Å². The zero-order valence-electron chi connectivity index (χ0n) is 11.4. The minimum absolute atomic E-state index is 0.140. The fourth-order valence-electron chi connectivity index (χ4n) is 1.85. The summed E-state index contributed by atoms with van der Waals surface area (Å²) in [4.78, 5) is 25.0. The number of carbonyl (C=O) groups is 2. The number of carbonyl (C=O) groups excluding carboxylic acids is 2. The van der Waals surface area contributed by atoms with E-state index >= 15 is 0 Å². The molecule has 104 valence electrons. The molecule has 0 N–H and O–H groups in total. The molecule has 0 radical (unpaired) electrons. The average molecular weight is 282 g/mol. The number of hydrogen-bond acceptors (Lipinski definition) is 4. The molecule has 1 aromatic rings. The normalized spacial score (nSPS) is 15.7. The third-order valence-electron chi connectivity index (χ3n) is 2.60. The maximum atomic E-state index is 12.3. The smallest absolute Gasteiger partial charge is 0.429 e. The van der Waals surface area contributed by atoms with Gasteiger partial charge in [-0.3, -0.25) is 4.79 Å². The highest BCUT2D eigenvalue weighted by Crippen LogP contribution is 2.20. The Morgan fingerprint density at radius 3 is 2.53 bits per heavy atom. The highest BCUT2D eigenvalue weighted by molar-refractivity contribution is 7.12. The second kappa shape index (κ2) is 5.21. The Kier molecular flexibility index (Phi) is 3.80. The fraction of sp³-hybridized carbons (Fsp3) is 0.538. The summed E-state index contributed by atoms with van der Waals surface area (Å²) in [5.74, 6) is -0.140. The van der Waals surface area contributed by atoms with Crippen LogP contribution in [0.15, 0.2) is 17.5 Å². The van der Waals surface area contributed by atoms with Gasteiger partial charge in [-0.25, -0.2) is 14.8 Å². The molecule has 2 rings (SSSR count). The van der Waals surface area contributed by atoms with Gasteiger partial charge in [0.1, 0.15) is 5.60 Å². The Balaban J connectivity index is 2.09. The number of nitrogens with zero attached hydrogens (tertiary/aromatic N) is 2. The number of rotatable bonds is 1. The van der Waals surface area contributed by atoms with E-state index in [0.717, 1.165) is 6.42 Å². The van der Waals surface area contributed by atoms with E-state index in [0.29, 0.717) is 18.0 Å². The zero-order valence-corrected chi connectivity index (χ0v) is 12.2. The summed E-state index contributed by atoms with van der Waals surface area (Å²) in [5, 5.41) is 4.72. The molecule has 6 heteroatoms. The summed E-state index contributed by atoms with van der Waals surface area (Å²) in [5.41, 5.74) is -0.558. The van der Waals surface area contributed by atoms with Crippen molar-refractivity contribution in [1.29, 1.82) is 0 Å². The van der Waals surface area contributed by atoms with Crippen LogP contribution in [0, 0.1) is 0 Å². The molecule has 1 aliphatic heterocycles. The number of hydrazine groups is 1. The summed E-state index contributed by atoms with van der Waals surface area (Å²) in [6, 6.07) is 3.59. The van der Waals surface area contributed by atoms with Crippen molar-refractivity contribution in [2.75, 3.05) is 13.1 Å². The predicted molar refractivity (Wildman–Crippen MR) is 72.9 cm³/mol. The molecular formula is C13H18N2O3S. The summed E-state index contributed by atoms with van der Waals surface area (Å²) in [7, 11) is 0. The number of ether oxygens (including phenoxy) is 1. The van der Waals surface area contributed by atoms with Gasteiger partial charge in [-0.05, 0) is 38.6 Å². The van der Waals surface area contributed by atoms with Crippen LogP contribution in [-0.2, 0) is 4.74 Å². The van der Waals surface area contributed by atoms with E-state index in [9.17, 15) is 9.59 Å². The molecule has 0 spiro atoms. The van der Waals surface area contributed by atoms with Gasteiger partial charge in [0.05, 0.1) is 4.88 Å². The third kappa shape index (κ3) is 3.26. The highest BCUT2D eigenvalue weighted by Gasteiger charge is 2.34. The lowest BCUT2D eigenvalue weighted by Crippen LogP contribution is -2.46. The lowest BCUT2D eigenvalue weighted by molar-refractivity contribution is -0.0191. The standard InChI is InChI=1S/C13H18N2O3S/c1-13(2,3)18-12(17)15-8-5-7-14(15)11(16)10-6-4-9-19-10/h4,6,9H,5,7-8H2,1-3H3. The Labute approximate surface area is 116 Å². The van der Waals surface area contributed by atoms with Gasteiger partial charge in [-0.2, -0.15) is 0 Å². The molecule has 1 fully saturated rings. The van der Waals surface area contributed by atoms with Crippen LogP contribution in [0.4, 0.5) is 4.79 Å². The minimum atomic E-state index is -0.558. The molecule has 0 saturated carbocycles. The van der Waals surface area contributed by atoms with E-state index in [-0.39, 0.29) is 5.91 Å². The Bertz CT molecular complexity index is 465. The number of thiophene rings is 1. The first-order chi connectivity index (χ1) is 8.88. The molecule has 2 heterocycles. The first-order valence-electron chi connectivity index (χ1n) is 6.24. The van der Waals surface area contributed by atoms with Crippen molar-refractivity contribution in [3.63, 3.8) is 0 Å². The SMILES string of the molecule is CC(C)(C)OC(=O)N1CCCN1C(=O)c1cccs1. The third-order valence-corrected chi connectivity index (χ3v) is 3.46. The van der Waals surface area contributed by atoms with Crippen LogP contribution >= 0.6 is 11.3 Å². The van der Waals surface area contributed by atoms with Gasteiger partial charge >= 0.3 is 6.09 Å².